The number of imide groups is 2. The molecule has 9 nitrogen and oxygen atoms in total. The highest BCUT2D eigenvalue weighted by molar-refractivity contribution is 14.1. The summed E-state index contributed by atoms with van der Waals surface area (Å²) >= 11 is 16.9. The van der Waals surface area contributed by atoms with Gasteiger partial charge in [0.25, 0.3) is 0 Å². The SMILES string of the molecule is Cc1c(-c2cc(N3C(=O)[C@@H]4C[C@@H]5C(=CC[C@@H]6C(=O)N(c7ccc(I)cc7)C(=O)[C@@H]65)[C@H](c5ccc(O)cc5Cl)[C@]4(C)C3=O)n(C)n2)sc2ccc(Cl)cc12. The van der Waals surface area contributed by atoms with Crippen molar-refractivity contribution in [1.29, 1.82) is 0 Å². The largest absolute Gasteiger partial charge is 0.508 e. The lowest BCUT2D eigenvalue weighted by Gasteiger charge is -2.49. The summed E-state index contributed by atoms with van der Waals surface area (Å²) in [5.41, 5.74) is 2.23. The third-order valence-electron chi connectivity index (χ3n) is 11.9. The summed E-state index contributed by atoms with van der Waals surface area (Å²) in [5, 5.41) is 17.0. The number of nitrogens with zero attached hydrogens (tertiary/aromatic N) is 4. The number of phenolic OH excluding ortho intramolecular Hbond substituents is 1. The molecule has 1 N–H and O–H groups in total. The van der Waals surface area contributed by atoms with Crippen LogP contribution in [-0.4, -0.2) is 38.5 Å². The van der Waals surface area contributed by atoms with E-state index in [1.54, 1.807) is 47.3 Å². The molecular weight excluding hydrogens is 846 g/mol. The van der Waals surface area contributed by atoms with E-state index in [0.717, 1.165) is 29.7 Å². The van der Waals surface area contributed by atoms with Crippen LogP contribution in [0.1, 0.15) is 36.8 Å². The highest BCUT2D eigenvalue weighted by Gasteiger charge is 2.68. The van der Waals surface area contributed by atoms with Crippen LogP contribution in [0.2, 0.25) is 10.0 Å². The molecule has 53 heavy (non-hydrogen) atoms. The third kappa shape index (κ3) is 4.96. The van der Waals surface area contributed by atoms with Gasteiger partial charge in [0.15, 0.2) is 0 Å². The molecule has 268 valence electrons. The van der Waals surface area contributed by atoms with Gasteiger partial charge in [0.2, 0.25) is 23.6 Å². The Morgan fingerprint density at radius 3 is 2.42 bits per heavy atom. The van der Waals surface area contributed by atoms with Gasteiger partial charge >= 0.3 is 0 Å². The van der Waals surface area contributed by atoms with Gasteiger partial charge in [-0.2, -0.15) is 5.10 Å². The molecule has 0 bridgehead atoms. The first-order chi connectivity index (χ1) is 25.3. The summed E-state index contributed by atoms with van der Waals surface area (Å²) < 4.78 is 3.58. The summed E-state index contributed by atoms with van der Waals surface area (Å²) in [5.74, 6) is -4.42. The Kier molecular flexibility index (Phi) is 8.02. The molecule has 2 aliphatic heterocycles. The van der Waals surface area contributed by atoms with Crippen molar-refractivity contribution < 1.29 is 24.3 Å². The Balaban J connectivity index is 1.16. The highest BCUT2D eigenvalue weighted by atomic mass is 127. The van der Waals surface area contributed by atoms with E-state index in [0.29, 0.717) is 34.2 Å². The lowest BCUT2D eigenvalue weighted by atomic mass is 9.51. The van der Waals surface area contributed by atoms with Crippen molar-refractivity contribution in [2.75, 3.05) is 9.80 Å². The third-order valence-corrected chi connectivity index (χ3v) is 14.4. The summed E-state index contributed by atoms with van der Waals surface area (Å²) in [6.07, 6.45) is 2.51. The number of hydrogen-bond acceptors (Lipinski definition) is 7. The second-order valence-electron chi connectivity index (χ2n) is 14.6. The molecule has 4 amide bonds. The van der Waals surface area contributed by atoms with Gasteiger partial charge in [0.1, 0.15) is 17.3 Å². The number of aromatic hydroxyl groups is 1. The maximum atomic E-state index is 15.1. The molecule has 3 aromatic carbocycles. The Labute approximate surface area is 332 Å². The van der Waals surface area contributed by atoms with Gasteiger partial charge in [-0.25, -0.2) is 4.90 Å². The van der Waals surface area contributed by atoms with Crippen LogP contribution in [0, 0.1) is 39.6 Å². The Bertz CT molecular complexity index is 2490. The molecule has 3 fully saturated rings. The second kappa shape index (κ2) is 12.2. The number of thiophene rings is 1. The van der Waals surface area contributed by atoms with Crippen LogP contribution in [0.4, 0.5) is 11.5 Å². The molecule has 6 atom stereocenters. The number of halogens is 3. The van der Waals surface area contributed by atoms with Gasteiger partial charge in [0.05, 0.1) is 33.7 Å². The monoisotopic (exact) mass is 876 g/mol. The van der Waals surface area contributed by atoms with E-state index >= 15 is 4.79 Å². The first kappa shape index (κ1) is 34.7. The molecule has 4 heterocycles. The topological polar surface area (TPSA) is 113 Å². The molecule has 0 radical (unpaired) electrons. The van der Waals surface area contributed by atoms with Crippen LogP contribution in [0.5, 0.6) is 5.75 Å². The van der Waals surface area contributed by atoms with Gasteiger partial charge in [-0.15, -0.1) is 11.3 Å². The number of aryl methyl sites for hydroxylation is 2. The minimum absolute atomic E-state index is 0.0353. The molecule has 2 aromatic heterocycles. The first-order valence-electron chi connectivity index (χ1n) is 17.2. The summed E-state index contributed by atoms with van der Waals surface area (Å²) in [7, 11) is 1.71. The van der Waals surface area contributed by atoms with E-state index in [1.165, 1.54) is 21.9 Å². The second-order valence-corrected chi connectivity index (χ2v) is 17.7. The van der Waals surface area contributed by atoms with Crippen LogP contribution in [0.15, 0.2) is 78.4 Å². The average molecular weight is 878 g/mol. The number of carbonyl (C=O) groups excluding carboxylic acids is 4. The average Bonchev–Trinajstić information content (AvgIpc) is 3.79. The van der Waals surface area contributed by atoms with E-state index in [2.05, 4.69) is 22.6 Å². The van der Waals surface area contributed by atoms with Crippen molar-refractivity contribution in [2.24, 2.45) is 36.1 Å². The molecule has 5 aromatic rings. The molecule has 2 aliphatic carbocycles. The Hall–Kier alpha value is -4.04. The number of fused-ring (bicyclic) bond motifs is 5. The van der Waals surface area contributed by atoms with E-state index < -0.39 is 40.9 Å². The normalized spacial score (nSPS) is 26.7. The van der Waals surface area contributed by atoms with E-state index in [-0.39, 0.29) is 34.9 Å². The van der Waals surface area contributed by atoms with E-state index in [9.17, 15) is 19.5 Å². The number of allylic oxidation sites excluding steroid dienone is 2. The standard InChI is InChI=1S/C40H31Cl2IN4O5S/c1-18-26-14-19(41)4-13-31(26)53-35(18)30-17-32(45(3)44-30)47-37(50)28-16-27-23(34(40(28,2)39(47)52)24-10-9-22(48)15-29(24)42)11-12-25-33(27)38(51)46(36(25)49)21-7-5-20(43)6-8-21/h4-11,13-15,17,25,27-28,33-34,48H,12,16H2,1-3H3/t25-,27+,28-,33-,34+,40+/m0/s1. The Morgan fingerprint density at radius 1 is 0.925 bits per heavy atom. The highest BCUT2D eigenvalue weighted by Crippen LogP contribution is 2.64. The first-order valence-corrected chi connectivity index (χ1v) is 19.9. The van der Waals surface area contributed by atoms with Crippen molar-refractivity contribution >= 4 is 102 Å². The van der Waals surface area contributed by atoms with Crippen LogP contribution in [-0.2, 0) is 26.2 Å². The fraction of sp³-hybridized carbons (Fsp3) is 0.275. The quantitative estimate of drug-likeness (QED) is 0.110. The van der Waals surface area contributed by atoms with Crippen molar-refractivity contribution in [2.45, 2.75) is 32.6 Å². The van der Waals surface area contributed by atoms with Crippen molar-refractivity contribution in [3.63, 3.8) is 0 Å². The number of aromatic nitrogens is 2. The predicted molar refractivity (Wildman–Crippen MR) is 213 cm³/mol. The smallest absolute Gasteiger partial charge is 0.242 e. The lowest BCUT2D eigenvalue weighted by Crippen LogP contribution is -2.49. The number of hydrogen-bond donors (Lipinski definition) is 1. The number of rotatable bonds is 4. The van der Waals surface area contributed by atoms with Crippen molar-refractivity contribution in [3.05, 3.63) is 103 Å². The molecule has 2 saturated heterocycles. The molecule has 0 unspecified atom stereocenters. The summed E-state index contributed by atoms with van der Waals surface area (Å²) in [6, 6.07) is 19.4. The minimum Gasteiger partial charge on any atom is -0.508 e. The molecule has 1 saturated carbocycles. The zero-order valence-corrected chi connectivity index (χ0v) is 33.1. The number of anilines is 2. The van der Waals surface area contributed by atoms with Crippen LogP contribution in [0.25, 0.3) is 20.7 Å². The van der Waals surface area contributed by atoms with Crippen molar-refractivity contribution in [3.8, 4) is 16.3 Å². The van der Waals surface area contributed by atoms with Crippen LogP contribution < -0.4 is 9.80 Å². The van der Waals surface area contributed by atoms with Crippen molar-refractivity contribution in [1.82, 2.24) is 9.78 Å². The summed E-state index contributed by atoms with van der Waals surface area (Å²) in [6.45, 7) is 3.82. The number of phenols is 1. The fourth-order valence-corrected chi connectivity index (χ4v) is 11.3. The van der Waals surface area contributed by atoms with Gasteiger partial charge in [-0.3, -0.25) is 28.8 Å². The fourth-order valence-electron chi connectivity index (χ4n) is 9.39. The lowest BCUT2D eigenvalue weighted by molar-refractivity contribution is -0.131. The van der Waals surface area contributed by atoms with Crippen LogP contribution >= 0.6 is 57.1 Å². The predicted octanol–water partition coefficient (Wildman–Crippen LogP) is 8.66. The zero-order chi connectivity index (χ0) is 37.2. The maximum Gasteiger partial charge on any atom is 0.242 e. The number of carbonyl (C=O) groups is 4. The molecule has 9 rings (SSSR count). The minimum atomic E-state index is -1.30. The van der Waals surface area contributed by atoms with Gasteiger partial charge in [-0.05, 0) is 126 Å². The van der Waals surface area contributed by atoms with Gasteiger partial charge < -0.3 is 5.11 Å². The van der Waals surface area contributed by atoms with Gasteiger partial charge in [0, 0.05) is 37.3 Å². The molecule has 4 aliphatic rings. The zero-order valence-electron chi connectivity index (χ0n) is 28.6. The summed E-state index contributed by atoms with van der Waals surface area (Å²) in [4.78, 5) is 61.7. The molecule has 0 spiro atoms. The maximum absolute atomic E-state index is 15.1. The van der Waals surface area contributed by atoms with E-state index in [4.69, 9.17) is 28.3 Å². The van der Waals surface area contributed by atoms with E-state index in [1.807, 2.05) is 50.3 Å². The molecular formula is C40H31Cl2IN4O5S. The van der Waals surface area contributed by atoms with Crippen LogP contribution in [0.3, 0.4) is 0 Å². The Morgan fingerprint density at radius 2 is 1.68 bits per heavy atom. The number of benzene rings is 3. The number of amides is 4. The van der Waals surface area contributed by atoms with Gasteiger partial charge in [-0.1, -0.05) is 40.9 Å². The molecule has 13 heteroatoms.